The molecule has 2 aromatic heterocycles. The van der Waals surface area contributed by atoms with E-state index in [2.05, 4.69) is 33.3 Å². The lowest BCUT2D eigenvalue weighted by molar-refractivity contribution is 0.175. The lowest BCUT2D eigenvalue weighted by Gasteiger charge is -2.31. The monoisotopic (exact) mass is 318 g/mol. The van der Waals surface area contributed by atoms with Gasteiger partial charge in [0.05, 0.1) is 5.69 Å². The van der Waals surface area contributed by atoms with Gasteiger partial charge in [0.25, 0.3) is 0 Å². The highest BCUT2D eigenvalue weighted by molar-refractivity contribution is 5.15. The van der Waals surface area contributed by atoms with Crippen molar-refractivity contribution in [1.29, 1.82) is 0 Å². The molecular formula is C16H26N6O. The molecule has 1 aliphatic heterocycles. The largest absolute Gasteiger partial charge is 0.343 e. The van der Waals surface area contributed by atoms with Gasteiger partial charge >= 0.3 is 5.69 Å². The van der Waals surface area contributed by atoms with Gasteiger partial charge in [0.1, 0.15) is 5.82 Å². The van der Waals surface area contributed by atoms with Gasteiger partial charge in [0, 0.05) is 38.3 Å². The van der Waals surface area contributed by atoms with Crippen LogP contribution < -0.4 is 5.69 Å². The number of H-pyrrole nitrogens is 1. The maximum absolute atomic E-state index is 11.6. The van der Waals surface area contributed by atoms with Crippen molar-refractivity contribution in [2.45, 2.75) is 46.2 Å². The zero-order valence-electron chi connectivity index (χ0n) is 14.2. The Balaban J connectivity index is 1.54. The summed E-state index contributed by atoms with van der Waals surface area (Å²) < 4.78 is 3.63. The molecule has 0 saturated carbocycles. The molecular weight excluding hydrogens is 292 g/mol. The van der Waals surface area contributed by atoms with Crippen molar-refractivity contribution in [2.75, 3.05) is 13.1 Å². The van der Waals surface area contributed by atoms with Gasteiger partial charge in [-0.3, -0.25) is 14.1 Å². The number of aryl methyl sites for hydroxylation is 2. The zero-order valence-corrected chi connectivity index (χ0v) is 14.2. The summed E-state index contributed by atoms with van der Waals surface area (Å²) >= 11 is 0. The van der Waals surface area contributed by atoms with Gasteiger partial charge in [-0.05, 0) is 45.7 Å². The number of nitrogens with zero attached hydrogens (tertiary/aromatic N) is 5. The summed E-state index contributed by atoms with van der Waals surface area (Å²) in [6.07, 6.45) is 5.32. The van der Waals surface area contributed by atoms with Crippen LogP contribution in [-0.2, 0) is 26.6 Å². The van der Waals surface area contributed by atoms with Gasteiger partial charge in [0.2, 0.25) is 0 Å². The lowest BCUT2D eigenvalue weighted by atomic mass is 9.93. The fourth-order valence-corrected chi connectivity index (χ4v) is 3.48. The van der Waals surface area contributed by atoms with Crippen LogP contribution in [0.5, 0.6) is 0 Å². The third-order valence-electron chi connectivity index (χ3n) is 4.84. The van der Waals surface area contributed by atoms with Gasteiger partial charge in [0.15, 0.2) is 0 Å². The van der Waals surface area contributed by atoms with Gasteiger partial charge in [-0.15, -0.1) is 0 Å². The number of hydrogen-bond donors (Lipinski definition) is 1. The highest BCUT2D eigenvalue weighted by atomic mass is 16.1. The third-order valence-corrected chi connectivity index (χ3v) is 4.84. The molecule has 0 aromatic carbocycles. The Labute approximate surface area is 136 Å². The van der Waals surface area contributed by atoms with E-state index in [4.69, 9.17) is 0 Å². The maximum Gasteiger partial charge on any atom is 0.343 e. The predicted molar refractivity (Wildman–Crippen MR) is 88.2 cm³/mol. The van der Waals surface area contributed by atoms with Gasteiger partial charge in [-0.1, -0.05) is 0 Å². The second-order valence-electron chi connectivity index (χ2n) is 6.53. The molecule has 3 heterocycles. The third kappa shape index (κ3) is 3.55. The first-order chi connectivity index (χ1) is 11.1. The predicted octanol–water partition coefficient (Wildman–Crippen LogP) is 1.09. The van der Waals surface area contributed by atoms with E-state index in [0.717, 1.165) is 50.4 Å². The van der Waals surface area contributed by atoms with E-state index in [9.17, 15) is 4.79 Å². The van der Waals surface area contributed by atoms with E-state index >= 15 is 0 Å². The molecule has 1 saturated heterocycles. The first kappa shape index (κ1) is 16.0. The second kappa shape index (κ2) is 6.70. The number of aromatic nitrogens is 5. The lowest BCUT2D eigenvalue weighted by Crippen LogP contribution is -2.34. The first-order valence-corrected chi connectivity index (χ1v) is 8.42. The molecule has 0 atom stereocenters. The fourth-order valence-electron chi connectivity index (χ4n) is 3.48. The minimum atomic E-state index is -0.0908. The Hall–Kier alpha value is -1.89. The Bertz CT molecular complexity index is 704. The molecule has 0 unspecified atom stereocenters. The standard InChI is InChI=1S/C16H26N6O/c1-4-22-15(17-18-16(22)23)9-13-5-7-21(8-6-13)11-14-10-20(3)19-12(14)2/h10,13H,4-9,11H2,1-3H3,(H,18,23). The van der Waals surface area contributed by atoms with Crippen molar-refractivity contribution in [3.05, 3.63) is 33.8 Å². The Morgan fingerprint density at radius 3 is 2.70 bits per heavy atom. The molecule has 1 N–H and O–H groups in total. The maximum atomic E-state index is 11.6. The van der Waals surface area contributed by atoms with Gasteiger partial charge < -0.3 is 0 Å². The van der Waals surface area contributed by atoms with Crippen LogP contribution in [-0.4, -0.2) is 42.5 Å². The average molecular weight is 318 g/mol. The molecule has 23 heavy (non-hydrogen) atoms. The molecule has 2 aromatic rings. The molecule has 7 heteroatoms. The molecule has 7 nitrogen and oxygen atoms in total. The topological polar surface area (TPSA) is 71.7 Å². The smallest absolute Gasteiger partial charge is 0.299 e. The number of nitrogens with one attached hydrogen (secondary N) is 1. The SMILES string of the molecule is CCn1c(CC2CCN(Cc3cn(C)nc3C)CC2)n[nH]c1=O. The highest BCUT2D eigenvalue weighted by Gasteiger charge is 2.22. The van der Waals surface area contributed by atoms with Crippen molar-refractivity contribution in [1.82, 2.24) is 29.4 Å². The van der Waals surface area contributed by atoms with E-state index in [-0.39, 0.29) is 5.69 Å². The molecule has 0 amide bonds. The Morgan fingerprint density at radius 1 is 1.35 bits per heavy atom. The normalized spacial score (nSPS) is 17.0. The van der Waals surface area contributed by atoms with E-state index in [1.54, 1.807) is 4.57 Å². The van der Waals surface area contributed by atoms with Crippen LogP contribution >= 0.6 is 0 Å². The zero-order chi connectivity index (χ0) is 16.4. The Morgan fingerprint density at radius 2 is 2.09 bits per heavy atom. The van der Waals surface area contributed by atoms with Crippen LogP contribution in [0.3, 0.4) is 0 Å². The fraction of sp³-hybridized carbons (Fsp3) is 0.688. The molecule has 0 radical (unpaired) electrons. The number of rotatable bonds is 5. The van der Waals surface area contributed by atoms with Crippen LogP contribution in [0.2, 0.25) is 0 Å². The van der Waals surface area contributed by atoms with Crippen molar-refractivity contribution in [3.8, 4) is 0 Å². The summed E-state index contributed by atoms with van der Waals surface area (Å²) in [5.41, 5.74) is 2.35. The molecule has 126 valence electrons. The molecule has 1 aliphatic rings. The second-order valence-corrected chi connectivity index (χ2v) is 6.53. The van der Waals surface area contributed by atoms with E-state index < -0.39 is 0 Å². The van der Waals surface area contributed by atoms with Gasteiger partial charge in [-0.2, -0.15) is 10.2 Å². The number of piperidine rings is 1. The molecule has 3 rings (SSSR count). The quantitative estimate of drug-likeness (QED) is 0.896. The number of likely N-dealkylation sites (tertiary alicyclic amines) is 1. The molecule has 0 spiro atoms. The van der Waals surface area contributed by atoms with Crippen LogP contribution in [0, 0.1) is 12.8 Å². The first-order valence-electron chi connectivity index (χ1n) is 8.42. The van der Waals surface area contributed by atoms with Crippen LogP contribution in [0.1, 0.15) is 36.8 Å². The Kier molecular flexibility index (Phi) is 4.66. The van der Waals surface area contributed by atoms with Crippen molar-refractivity contribution in [2.24, 2.45) is 13.0 Å². The van der Waals surface area contributed by atoms with Crippen LogP contribution in [0.15, 0.2) is 11.0 Å². The summed E-state index contributed by atoms with van der Waals surface area (Å²) in [4.78, 5) is 14.1. The van der Waals surface area contributed by atoms with Crippen molar-refractivity contribution >= 4 is 0 Å². The van der Waals surface area contributed by atoms with E-state index in [0.29, 0.717) is 12.5 Å². The average Bonchev–Trinajstić information content (AvgIpc) is 3.03. The van der Waals surface area contributed by atoms with Crippen LogP contribution in [0.4, 0.5) is 0 Å². The van der Waals surface area contributed by atoms with E-state index in [1.165, 1.54) is 5.56 Å². The highest BCUT2D eigenvalue weighted by Crippen LogP contribution is 2.22. The summed E-state index contributed by atoms with van der Waals surface area (Å²) in [7, 11) is 1.97. The minimum Gasteiger partial charge on any atom is -0.299 e. The van der Waals surface area contributed by atoms with Crippen LogP contribution in [0.25, 0.3) is 0 Å². The van der Waals surface area contributed by atoms with E-state index in [1.807, 2.05) is 18.7 Å². The number of hydrogen-bond acceptors (Lipinski definition) is 4. The summed E-state index contributed by atoms with van der Waals surface area (Å²) in [5, 5.41) is 11.2. The minimum absolute atomic E-state index is 0.0908. The van der Waals surface area contributed by atoms with Gasteiger partial charge in [-0.25, -0.2) is 9.89 Å². The molecule has 1 fully saturated rings. The summed E-state index contributed by atoms with van der Waals surface area (Å²) in [6, 6.07) is 0. The molecule has 0 aliphatic carbocycles. The molecule has 0 bridgehead atoms. The summed E-state index contributed by atoms with van der Waals surface area (Å²) in [5.74, 6) is 1.51. The van der Waals surface area contributed by atoms with Crippen molar-refractivity contribution < 1.29 is 0 Å². The summed E-state index contributed by atoms with van der Waals surface area (Å²) in [6.45, 7) is 7.92. The van der Waals surface area contributed by atoms with Crippen molar-refractivity contribution in [3.63, 3.8) is 0 Å². The number of aromatic amines is 1.